The van der Waals surface area contributed by atoms with Gasteiger partial charge in [-0.1, -0.05) is 12.5 Å². The van der Waals surface area contributed by atoms with Crippen molar-refractivity contribution in [3.8, 4) is 11.5 Å². The minimum Gasteiger partial charge on any atom is -0.493 e. The molecular formula is C23H32NO6P. The van der Waals surface area contributed by atoms with Crippen molar-refractivity contribution in [1.82, 2.24) is 4.90 Å². The first-order valence-electron chi connectivity index (χ1n) is 11.1. The number of hydrogen-bond acceptors (Lipinski definition) is 7. The van der Waals surface area contributed by atoms with Crippen molar-refractivity contribution in [2.24, 2.45) is 5.41 Å². The first-order chi connectivity index (χ1) is 14.9. The first-order valence-corrected chi connectivity index (χ1v) is 12.6. The molecule has 1 spiro atoms. The van der Waals surface area contributed by atoms with Crippen LogP contribution in [0.15, 0.2) is 30.0 Å². The van der Waals surface area contributed by atoms with E-state index in [9.17, 15) is 4.57 Å². The van der Waals surface area contributed by atoms with Crippen LogP contribution in [0, 0.1) is 5.41 Å². The summed E-state index contributed by atoms with van der Waals surface area (Å²) < 4.78 is 41.2. The molecule has 2 aliphatic carbocycles. The topological polar surface area (TPSA) is 66.5 Å². The van der Waals surface area contributed by atoms with E-state index in [1.807, 2.05) is 6.07 Å². The summed E-state index contributed by atoms with van der Waals surface area (Å²) in [6.07, 6.45) is 8.10. The molecule has 0 aromatic heterocycles. The van der Waals surface area contributed by atoms with E-state index in [0.29, 0.717) is 25.4 Å². The lowest BCUT2D eigenvalue weighted by Crippen LogP contribution is -2.43. The van der Waals surface area contributed by atoms with Crippen molar-refractivity contribution in [2.75, 3.05) is 41.0 Å². The van der Waals surface area contributed by atoms with Crippen LogP contribution in [0.25, 0.3) is 0 Å². The maximum absolute atomic E-state index is 13.1. The summed E-state index contributed by atoms with van der Waals surface area (Å²) in [7, 11) is 1.91. The van der Waals surface area contributed by atoms with E-state index in [-0.39, 0.29) is 16.9 Å². The van der Waals surface area contributed by atoms with Gasteiger partial charge in [0.1, 0.15) is 5.76 Å². The fourth-order valence-corrected chi connectivity index (χ4v) is 7.09. The van der Waals surface area contributed by atoms with Crippen LogP contribution in [0.1, 0.15) is 44.1 Å². The molecule has 0 unspecified atom stereocenters. The van der Waals surface area contributed by atoms with Crippen molar-refractivity contribution in [3.05, 3.63) is 35.6 Å². The molecule has 3 fully saturated rings. The number of likely N-dealkylation sites (tertiary alicyclic amines) is 1. The van der Waals surface area contributed by atoms with Gasteiger partial charge in [-0.2, -0.15) is 0 Å². The number of rotatable bonds is 5. The van der Waals surface area contributed by atoms with Crippen molar-refractivity contribution in [1.29, 1.82) is 0 Å². The molecule has 2 aliphatic heterocycles. The van der Waals surface area contributed by atoms with E-state index in [1.165, 1.54) is 12.0 Å². The van der Waals surface area contributed by atoms with E-state index in [2.05, 4.69) is 30.2 Å². The van der Waals surface area contributed by atoms with Crippen LogP contribution >= 0.6 is 7.82 Å². The Labute approximate surface area is 184 Å². The number of hydrogen-bond donors (Lipinski definition) is 0. The van der Waals surface area contributed by atoms with Gasteiger partial charge in [0, 0.05) is 23.3 Å². The minimum absolute atomic E-state index is 0.0417. The molecule has 1 saturated carbocycles. The third kappa shape index (κ3) is 3.60. The Bertz CT molecular complexity index is 915. The molecule has 7 nitrogen and oxygen atoms in total. The van der Waals surface area contributed by atoms with Crippen LogP contribution in [0.5, 0.6) is 11.5 Å². The highest BCUT2D eigenvalue weighted by Crippen LogP contribution is 2.61. The quantitative estimate of drug-likeness (QED) is 0.606. The second kappa shape index (κ2) is 7.80. The summed E-state index contributed by atoms with van der Waals surface area (Å²) in [5.74, 6) is 2.18. The first kappa shape index (κ1) is 21.3. The van der Waals surface area contributed by atoms with Crippen molar-refractivity contribution in [2.45, 2.75) is 50.0 Å². The molecule has 2 atom stereocenters. The molecule has 170 valence electrons. The molecule has 4 aliphatic rings. The number of nitrogens with zero attached hydrogens (tertiary/aromatic N) is 1. The molecule has 0 amide bonds. The van der Waals surface area contributed by atoms with Gasteiger partial charge in [-0.3, -0.25) is 13.9 Å². The average Bonchev–Trinajstić information content (AvgIpc) is 3.10. The van der Waals surface area contributed by atoms with Crippen molar-refractivity contribution in [3.63, 3.8) is 0 Å². The zero-order chi connectivity index (χ0) is 21.7. The standard InChI is InChI=1S/C23H32NO6P/c1-24-12-11-23(17-5-6-19(26-2)20(13-17)27-3)10-7-18(14-21(23)24)30-31(25)28-15-22(16-29-31)8-4-9-22/h5-6,13-14,21H,4,7-12,15-16H2,1-3H3/t21-,23-/m0/s1. The summed E-state index contributed by atoms with van der Waals surface area (Å²) in [6.45, 7) is 1.92. The summed E-state index contributed by atoms with van der Waals surface area (Å²) in [6, 6.07) is 6.36. The van der Waals surface area contributed by atoms with Gasteiger partial charge in [0.25, 0.3) is 0 Å². The smallest absolute Gasteiger partial charge is 0.493 e. The Morgan fingerprint density at radius 2 is 1.81 bits per heavy atom. The van der Waals surface area contributed by atoms with Gasteiger partial charge < -0.3 is 14.0 Å². The molecule has 8 heteroatoms. The molecule has 31 heavy (non-hydrogen) atoms. The normalized spacial score (nSPS) is 31.5. The van der Waals surface area contributed by atoms with Gasteiger partial charge in [0.2, 0.25) is 0 Å². The van der Waals surface area contributed by atoms with Gasteiger partial charge in [0.05, 0.1) is 27.4 Å². The van der Waals surface area contributed by atoms with E-state index in [0.717, 1.165) is 43.7 Å². The minimum atomic E-state index is -3.54. The molecule has 1 aromatic rings. The third-order valence-electron chi connectivity index (χ3n) is 7.77. The van der Waals surface area contributed by atoms with Crippen LogP contribution in [0.3, 0.4) is 0 Å². The van der Waals surface area contributed by atoms with Gasteiger partial charge >= 0.3 is 7.82 Å². The number of ether oxygens (including phenoxy) is 2. The van der Waals surface area contributed by atoms with Crippen LogP contribution in [0.2, 0.25) is 0 Å². The zero-order valence-electron chi connectivity index (χ0n) is 18.6. The van der Waals surface area contributed by atoms with Gasteiger partial charge in [-0.05, 0) is 63.0 Å². The highest BCUT2D eigenvalue weighted by Gasteiger charge is 2.51. The number of benzene rings is 1. The second-order valence-electron chi connectivity index (χ2n) is 9.47. The highest BCUT2D eigenvalue weighted by atomic mass is 31.2. The fourth-order valence-electron chi connectivity index (χ4n) is 5.60. The average molecular weight is 449 g/mol. The summed E-state index contributed by atoms with van der Waals surface area (Å²) in [5.41, 5.74) is 1.25. The maximum atomic E-state index is 13.1. The van der Waals surface area contributed by atoms with Crippen LogP contribution in [0.4, 0.5) is 0 Å². The number of fused-ring (bicyclic) bond motifs is 1. The van der Waals surface area contributed by atoms with Crippen molar-refractivity contribution < 1.29 is 27.6 Å². The van der Waals surface area contributed by atoms with Gasteiger partial charge in [-0.25, -0.2) is 4.57 Å². The second-order valence-corrected chi connectivity index (χ2v) is 11.1. The Kier molecular flexibility index (Phi) is 5.37. The summed E-state index contributed by atoms with van der Waals surface area (Å²) in [4.78, 5) is 2.33. The van der Waals surface area contributed by atoms with E-state index in [1.54, 1.807) is 14.2 Å². The van der Waals surface area contributed by atoms with E-state index >= 15 is 0 Å². The molecule has 0 N–H and O–H groups in total. The lowest BCUT2D eigenvalue weighted by molar-refractivity contribution is -0.0549. The van der Waals surface area contributed by atoms with Gasteiger partial charge in [-0.15, -0.1) is 0 Å². The third-order valence-corrected chi connectivity index (χ3v) is 9.12. The number of likely N-dealkylation sites (N-methyl/N-ethyl adjacent to an activating group) is 1. The summed E-state index contributed by atoms with van der Waals surface area (Å²) in [5, 5.41) is 0. The summed E-state index contributed by atoms with van der Waals surface area (Å²) >= 11 is 0. The molecule has 0 radical (unpaired) electrons. The Morgan fingerprint density at radius 1 is 1.06 bits per heavy atom. The largest absolute Gasteiger partial charge is 0.529 e. The molecular weight excluding hydrogens is 417 g/mol. The van der Waals surface area contributed by atoms with E-state index in [4.69, 9.17) is 23.0 Å². The van der Waals surface area contributed by atoms with Crippen LogP contribution < -0.4 is 9.47 Å². The highest BCUT2D eigenvalue weighted by molar-refractivity contribution is 7.48. The Balaban J connectivity index is 1.37. The van der Waals surface area contributed by atoms with Crippen LogP contribution in [-0.4, -0.2) is 52.0 Å². The van der Waals surface area contributed by atoms with E-state index < -0.39 is 7.82 Å². The number of methoxy groups -OCH3 is 2. The predicted octanol–water partition coefficient (Wildman–Crippen LogP) is 4.67. The maximum Gasteiger partial charge on any atom is 0.529 e. The number of phosphoric acid groups is 1. The lowest BCUT2D eigenvalue weighted by Gasteiger charge is -2.45. The Morgan fingerprint density at radius 3 is 2.45 bits per heavy atom. The SMILES string of the molecule is COc1ccc([C@@]23CCC(OP4(=O)OCC5(CCC5)CO4)=C[C@@H]2N(C)CC3)cc1OC. The Hall–Kier alpha value is -1.53. The fraction of sp³-hybridized carbons (Fsp3) is 0.652. The van der Waals surface area contributed by atoms with Crippen molar-refractivity contribution >= 4 is 7.82 Å². The molecule has 2 saturated heterocycles. The van der Waals surface area contributed by atoms with Crippen LogP contribution in [-0.2, 0) is 23.6 Å². The zero-order valence-corrected chi connectivity index (χ0v) is 19.5. The molecule has 0 bridgehead atoms. The molecule has 5 rings (SSSR count). The monoisotopic (exact) mass is 449 g/mol. The number of allylic oxidation sites excluding steroid dienone is 1. The predicted molar refractivity (Wildman–Crippen MR) is 116 cm³/mol. The number of phosphoric ester groups is 1. The lowest BCUT2D eigenvalue weighted by atomic mass is 9.68. The van der Waals surface area contributed by atoms with Gasteiger partial charge in [0.15, 0.2) is 11.5 Å². The molecule has 1 aromatic carbocycles. The molecule has 2 heterocycles.